The molecule has 0 fully saturated rings. The standard InChI is InChI=1S/C17H30O6/c1-2-3-4-5-6-7-8-9-10-11-17(13(19)12-18)15(21)14(20)16(22)23-17/h13,18-21H,2-12H2,1H3/t13-,17+/m0/s1. The number of carbonyl (C=O) groups excluding carboxylic acids is 1. The first-order chi connectivity index (χ1) is 11.0. The van der Waals surface area contributed by atoms with Crippen molar-refractivity contribution in [3.63, 3.8) is 0 Å². The third kappa shape index (κ3) is 5.11. The number of esters is 1. The van der Waals surface area contributed by atoms with Gasteiger partial charge >= 0.3 is 5.97 Å². The maximum Gasteiger partial charge on any atom is 0.378 e. The number of aliphatic hydroxyl groups is 4. The Kier molecular flexibility index (Phi) is 8.41. The molecule has 0 bridgehead atoms. The van der Waals surface area contributed by atoms with E-state index in [1.165, 1.54) is 32.1 Å². The summed E-state index contributed by atoms with van der Waals surface area (Å²) in [5.41, 5.74) is -1.71. The zero-order valence-corrected chi connectivity index (χ0v) is 14.0. The maximum absolute atomic E-state index is 11.4. The number of hydrogen-bond donors (Lipinski definition) is 4. The van der Waals surface area contributed by atoms with Crippen LogP contribution < -0.4 is 0 Å². The van der Waals surface area contributed by atoms with Crippen LogP contribution in [0.15, 0.2) is 11.5 Å². The minimum Gasteiger partial charge on any atom is -0.505 e. The topological polar surface area (TPSA) is 107 Å². The number of unbranched alkanes of at least 4 members (excludes halogenated alkanes) is 8. The lowest BCUT2D eigenvalue weighted by atomic mass is 9.88. The average molecular weight is 330 g/mol. The molecule has 6 nitrogen and oxygen atoms in total. The van der Waals surface area contributed by atoms with Crippen molar-refractivity contribution in [3.8, 4) is 0 Å². The zero-order valence-electron chi connectivity index (χ0n) is 14.0. The minimum absolute atomic E-state index is 0.173. The molecule has 1 aliphatic rings. The third-order valence-corrected chi connectivity index (χ3v) is 4.46. The lowest BCUT2D eigenvalue weighted by molar-refractivity contribution is -0.165. The van der Waals surface area contributed by atoms with Crippen molar-refractivity contribution in [2.45, 2.75) is 82.8 Å². The number of aliphatic hydroxyl groups excluding tert-OH is 4. The van der Waals surface area contributed by atoms with Gasteiger partial charge in [0.05, 0.1) is 6.61 Å². The molecule has 0 spiro atoms. The fraction of sp³-hybridized carbons (Fsp3) is 0.824. The van der Waals surface area contributed by atoms with Crippen molar-refractivity contribution in [1.82, 2.24) is 0 Å². The van der Waals surface area contributed by atoms with E-state index in [0.29, 0.717) is 6.42 Å². The van der Waals surface area contributed by atoms with E-state index in [1.807, 2.05) is 0 Å². The molecule has 23 heavy (non-hydrogen) atoms. The summed E-state index contributed by atoms with van der Waals surface area (Å²) in [6, 6.07) is 0. The van der Waals surface area contributed by atoms with Gasteiger partial charge in [0.1, 0.15) is 6.10 Å². The number of hydrogen-bond acceptors (Lipinski definition) is 6. The third-order valence-electron chi connectivity index (χ3n) is 4.46. The summed E-state index contributed by atoms with van der Waals surface area (Å²) in [6.07, 6.45) is 8.61. The fourth-order valence-corrected chi connectivity index (χ4v) is 2.97. The minimum atomic E-state index is -1.71. The van der Waals surface area contributed by atoms with Gasteiger partial charge in [-0.1, -0.05) is 58.3 Å². The molecule has 0 saturated carbocycles. The largest absolute Gasteiger partial charge is 0.505 e. The summed E-state index contributed by atoms with van der Waals surface area (Å²) >= 11 is 0. The summed E-state index contributed by atoms with van der Waals surface area (Å²) < 4.78 is 4.98. The van der Waals surface area contributed by atoms with Crippen LogP contribution in [0.25, 0.3) is 0 Å². The predicted octanol–water partition coefficient (Wildman–Crippen LogP) is 2.88. The second-order valence-electron chi connectivity index (χ2n) is 6.25. The van der Waals surface area contributed by atoms with Gasteiger partial charge in [-0.2, -0.15) is 0 Å². The molecule has 1 rings (SSSR count). The molecule has 0 aromatic heterocycles. The van der Waals surface area contributed by atoms with E-state index in [-0.39, 0.29) is 6.42 Å². The van der Waals surface area contributed by atoms with E-state index in [0.717, 1.165) is 19.3 Å². The van der Waals surface area contributed by atoms with Crippen molar-refractivity contribution in [2.75, 3.05) is 6.61 Å². The number of carbonyl (C=O) groups is 1. The first-order valence-electron chi connectivity index (χ1n) is 8.64. The van der Waals surface area contributed by atoms with E-state index in [1.54, 1.807) is 0 Å². The molecule has 6 heteroatoms. The molecule has 0 radical (unpaired) electrons. The van der Waals surface area contributed by atoms with Crippen molar-refractivity contribution in [3.05, 3.63) is 11.5 Å². The van der Waals surface area contributed by atoms with Crippen LogP contribution in [-0.2, 0) is 9.53 Å². The van der Waals surface area contributed by atoms with Crippen LogP contribution in [0.4, 0.5) is 0 Å². The molecule has 4 N–H and O–H groups in total. The van der Waals surface area contributed by atoms with Crippen molar-refractivity contribution in [2.24, 2.45) is 0 Å². The Morgan fingerprint density at radius 2 is 1.52 bits per heavy atom. The van der Waals surface area contributed by atoms with Gasteiger partial charge in [0.2, 0.25) is 11.4 Å². The zero-order chi connectivity index (χ0) is 17.3. The monoisotopic (exact) mass is 330 g/mol. The average Bonchev–Trinajstić information content (AvgIpc) is 2.77. The molecule has 0 aromatic rings. The van der Waals surface area contributed by atoms with Crippen molar-refractivity contribution >= 4 is 5.97 Å². The van der Waals surface area contributed by atoms with Crippen LogP contribution in [0.1, 0.15) is 71.1 Å². The van der Waals surface area contributed by atoms with Gasteiger partial charge in [0, 0.05) is 0 Å². The van der Waals surface area contributed by atoms with Crippen molar-refractivity contribution in [1.29, 1.82) is 0 Å². The first-order valence-corrected chi connectivity index (χ1v) is 8.64. The Morgan fingerprint density at radius 3 is 1.96 bits per heavy atom. The molecular weight excluding hydrogens is 300 g/mol. The van der Waals surface area contributed by atoms with Crippen LogP contribution in [0.5, 0.6) is 0 Å². The Morgan fingerprint density at radius 1 is 1.00 bits per heavy atom. The number of cyclic esters (lactones) is 1. The van der Waals surface area contributed by atoms with Gasteiger partial charge in [-0.15, -0.1) is 0 Å². The van der Waals surface area contributed by atoms with Gasteiger partial charge in [-0.25, -0.2) is 4.79 Å². The Balaban J connectivity index is 2.36. The predicted molar refractivity (Wildman–Crippen MR) is 86.0 cm³/mol. The molecule has 0 unspecified atom stereocenters. The number of ether oxygens (including phenoxy) is 1. The number of rotatable bonds is 12. The Bertz CT molecular complexity index is 406. The second-order valence-corrected chi connectivity index (χ2v) is 6.25. The van der Waals surface area contributed by atoms with E-state index in [4.69, 9.17) is 9.84 Å². The smallest absolute Gasteiger partial charge is 0.378 e. The molecule has 134 valence electrons. The Hall–Kier alpha value is -1.27. The van der Waals surface area contributed by atoms with E-state index < -0.39 is 35.8 Å². The summed E-state index contributed by atoms with van der Waals surface area (Å²) in [7, 11) is 0. The molecular formula is C17H30O6. The van der Waals surface area contributed by atoms with Crippen LogP contribution >= 0.6 is 0 Å². The molecule has 2 atom stereocenters. The highest BCUT2D eigenvalue weighted by atomic mass is 16.6. The van der Waals surface area contributed by atoms with Gasteiger partial charge in [-0.05, 0) is 12.8 Å². The van der Waals surface area contributed by atoms with Gasteiger partial charge in [0.15, 0.2) is 5.76 Å². The van der Waals surface area contributed by atoms with Gasteiger partial charge in [-0.3, -0.25) is 0 Å². The lowest BCUT2D eigenvalue weighted by Gasteiger charge is -2.31. The maximum atomic E-state index is 11.4. The van der Waals surface area contributed by atoms with Crippen LogP contribution in [0, 0.1) is 0 Å². The summed E-state index contributed by atoms with van der Waals surface area (Å²) in [5.74, 6) is -2.62. The normalized spacial score (nSPS) is 22.5. The highest BCUT2D eigenvalue weighted by molar-refractivity contribution is 5.90. The molecule has 1 heterocycles. The SMILES string of the molecule is CCCCCCCCCCC[C@]1([C@@H](O)CO)OC(=O)C(O)=C1O. The van der Waals surface area contributed by atoms with Gasteiger partial charge < -0.3 is 25.2 Å². The quantitative estimate of drug-likeness (QED) is 0.324. The fourth-order valence-electron chi connectivity index (χ4n) is 2.97. The lowest BCUT2D eigenvalue weighted by Crippen LogP contribution is -2.47. The molecule has 0 amide bonds. The molecule has 0 aromatic carbocycles. The molecule has 0 saturated heterocycles. The highest BCUT2D eigenvalue weighted by Crippen LogP contribution is 2.37. The second kappa shape index (κ2) is 9.78. The van der Waals surface area contributed by atoms with Crippen LogP contribution in [0.3, 0.4) is 0 Å². The highest BCUT2D eigenvalue weighted by Gasteiger charge is 2.53. The molecule has 0 aliphatic carbocycles. The van der Waals surface area contributed by atoms with Gasteiger partial charge in [0.25, 0.3) is 0 Å². The summed E-state index contributed by atoms with van der Waals surface area (Å²) in [5, 5.41) is 38.4. The molecule has 1 aliphatic heterocycles. The van der Waals surface area contributed by atoms with E-state index in [2.05, 4.69) is 6.92 Å². The van der Waals surface area contributed by atoms with E-state index >= 15 is 0 Å². The summed E-state index contributed by atoms with van der Waals surface area (Å²) in [6.45, 7) is 1.52. The van der Waals surface area contributed by atoms with Crippen molar-refractivity contribution < 1.29 is 30.0 Å². The Labute approximate surface area is 137 Å². The summed E-state index contributed by atoms with van der Waals surface area (Å²) in [4.78, 5) is 11.4. The van der Waals surface area contributed by atoms with E-state index in [9.17, 15) is 20.1 Å². The van der Waals surface area contributed by atoms with Crippen LogP contribution in [0.2, 0.25) is 0 Å². The van der Waals surface area contributed by atoms with Crippen LogP contribution in [-0.4, -0.2) is 44.7 Å². The first kappa shape index (κ1) is 19.8.